The average molecular weight is 556 g/mol. The molecule has 0 unspecified atom stereocenters. The number of aromatic nitrogens is 2. The Morgan fingerprint density at radius 1 is 0.925 bits per heavy atom. The highest BCUT2D eigenvalue weighted by Crippen LogP contribution is 2.31. The molecule has 0 aliphatic carbocycles. The molecule has 3 heterocycles. The van der Waals surface area contributed by atoms with E-state index < -0.39 is 10.5 Å². The van der Waals surface area contributed by atoms with Crippen molar-refractivity contribution in [2.24, 2.45) is 0 Å². The van der Waals surface area contributed by atoms with Crippen LogP contribution in [0.15, 0.2) is 94.3 Å². The zero-order chi connectivity index (χ0) is 27.8. The maximum atomic E-state index is 13.6. The summed E-state index contributed by atoms with van der Waals surface area (Å²) in [5, 5.41) is 18.3. The van der Waals surface area contributed by atoms with Gasteiger partial charge in [0, 0.05) is 53.9 Å². The molecule has 11 heteroatoms. The molecule has 1 aliphatic heterocycles. The summed E-state index contributed by atoms with van der Waals surface area (Å²) in [6.45, 7) is 1.89. The maximum Gasteiger partial charge on any atom is 0.295 e. The molecule has 0 spiro atoms. The van der Waals surface area contributed by atoms with E-state index in [9.17, 15) is 19.7 Å². The number of furan rings is 1. The lowest BCUT2D eigenvalue weighted by Gasteiger charge is -2.35. The Bertz CT molecular complexity index is 1790. The predicted octanol–water partition coefficient (Wildman–Crippen LogP) is 5.17. The van der Waals surface area contributed by atoms with Crippen LogP contribution in [0.1, 0.15) is 10.6 Å². The van der Waals surface area contributed by atoms with Crippen LogP contribution in [0, 0.1) is 10.1 Å². The fourth-order valence-corrected chi connectivity index (χ4v) is 5.06. The minimum atomic E-state index is -0.523. The van der Waals surface area contributed by atoms with E-state index in [-0.39, 0.29) is 23.0 Å². The molecular formula is C29H22ClN5O5. The summed E-state index contributed by atoms with van der Waals surface area (Å²) >= 11 is 6.09. The number of fused-ring (bicyclic) bond motifs is 1. The number of rotatable bonds is 5. The van der Waals surface area contributed by atoms with Crippen molar-refractivity contribution < 1.29 is 14.1 Å². The van der Waals surface area contributed by atoms with Gasteiger partial charge in [-0.15, -0.1) is 0 Å². The van der Waals surface area contributed by atoms with Crippen LogP contribution in [0.5, 0.6) is 0 Å². The summed E-state index contributed by atoms with van der Waals surface area (Å²) in [5.74, 6) is 0.0972. The van der Waals surface area contributed by atoms with Crippen molar-refractivity contribution in [1.82, 2.24) is 14.7 Å². The molecule has 40 heavy (non-hydrogen) atoms. The van der Waals surface area contributed by atoms with Gasteiger partial charge in [0.25, 0.3) is 17.2 Å². The standard InChI is InChI=1S/C29H22ClN5O5/c30-20-9-7-19(8-10-20)27-22-4-1-2-5-23(22)28(36)34(31-27)25-18-21(11-12-24(25)35(38)39)32-13-15-33(16-14-32)29(37)26-6-3-17-40-26/h1-12,17-18H,13-16H2. The van der Waals surface area contributed by atoms with Crippen LogP contribution in [0.25, 0.3) is 27.7 Å². The largest absolute Gasteiger partial charge is 0.459 e. The number of hydrogen-bond donors (Lipinski definition) is 0. The molecule has 2 aromatic heterocycles. The molecule has 1 saturated heterocycles. The van der Waals surface area contributed by atoms with Crippen LogP contribution < -0.4 is 10.5 Å². The lowest BCUT2D eigenvalue weighted by atomic mass is 10.0. The first-order valence-corrected chi connectivity index (χ1v) is 12.9. The number of anilines is 1. The zero-order valence-electron chi connectivity index (χ0n) is 21.1. The Balaban J connectivity index is 1.41. The summed E-state index contributed by atoms with van der Waals surface area (Å²) in [6.07, 6.45) is 1.46. The Labute approximate surface area is 232 Å². The topological polar surface area (TPSA) is 115 Å². The van der Waals surface area contributed by atoms with E-state index in [0.717, 1.165) is 4.68 Å². The molecule has 0 N–H and O–H groups in total. The molecule has 0 bridgehead atoms. The summed E-state index contributed by atoms with van der Waals surface area (Å²) < 4.78 is 6.34. The Morgan fingerprint density at radius 2 is 1.65 bits per heavy atom. The number of amides is 1. The van der Waals surface area contributed by atoms with Crippen LogP contribution in [-0.2, 0) is 0 Å². The third-order valence-electron chi connectivity index (χ3n) is 6.97. The van der Waals surface area contributed by atoms with Gasteiger partial charge in [-0.25, -0.2) is 0 Å². The number of carbonyl (C=O) groups excluding carboxylic acids is 1. The minimum absolute atomic E-state index is 0.0579. The quantitative estimate of drug-likeness (QED) is 0.217. The molecule has 1 aliphatic rings. The second-order valence-corrected chi connectivity index (χ2v) is 9.74. The first-order valence-electron chi connectivity index (χ1n) is 12.6. The lowest BCUT2D eigenvalue weighted by molar-refractivity contribution is -0.384. The molecule has 0 saturated carbocycles. The van der Waals surface area contributed by atoms with E-state index in [0.29, 0.717) is 58.9 Å². The van der Waals surface area contributed by atoms with Crippen molar-refractivity contribution >= 4 is 39.7 Å². The maximum absolute atomic E-state index is 13.6. The molecule has 3 aromatic carbocycles. The zero-order valence-corrected chi connectivity index (χ0v) is 21.8. The summed E-state index contributed by atoms with van der Waals surface area (Å²) in [7, 11) is 0. The van der Waals surface area contributed by atoms with E-state index in [1.54, 1.807) is 71.6 Å². The smallest absolute Gasteiger partial charge is 0.295 e. The minimum Gasteiger partial charge on any atom is -0.459 e. The van der Waals surface area contributed by atoms with Gasteiger partial charge in [0.2, 0.25) is 0 Å². The van der Waals surface area contributed by atoms with E-state index >= 15 is 0 Å². The van der Waals surface area contributed by atoms with Gasteiger partial charge < -0.3 is 14.2 Å². The Morgan fingerprint density at radius 3 is 2.33 bits per heavy atom. The molecule has 5 aromatic rings. The van der Waals surface area contributed by atoms with E-state index in [1.165, 1.54) is 12.3 Å². The highest BCUT2D eigenvalue weighted by Gasteiger charge is 2.26. The SMILES string of the molecule is O=C(c1ccco1)N1CCN(c2ccc([N+](=O)[O-])c(-n3nc(-c4ccc(Cl)cc4)c4ccccc4c3=O)c2)CC1. The van der Waals surface area contributed by atoms with Crippen molar-refractivity contribution in [3.8, 4) is 16.9 Å². The Kier molecular flexibility index (Phi) is 6.53. The normalized spacial score (nSPS) is 13.5. The molecular weight excluding hydrogens is 534 g/mol. The second kappa shape index (κ2) is 10.3. The number of nitrogens with zero attached hydrogens (tertiary/aromatic N) is 5. The van der Waals surface area contributed by atoms with Gasteiger partial charge in [-0.3, -0.25) is 19.7 Å². The number of nitro groups is 1. The molecule has 0 radical (unpaired) electrons. The number of carbonyl (C=O) groups is 1. The summed E-state index contributed by atoms with van der Waals surface area (Å²) in [6, 6.07) is 22.0. The molecule has 10 nitrogen and oxygen atoms in total. The van der Waals surface area contributed by atoms with Gasteiger partial charge in [-0.2, -0.15) is 9.78 Å². The molecule has 1 fully saturated rings. The summed E-state index contributed by atoms with van der Waals surface area (Å²) in [4.78, 5) is 41.6. The van der Waals surface area contributed by atoms with Crippen LogP contribution in [0.2, 0.25) is 5.02 Å². The number of hydrogen-bond acceptors (Lipinski definition) is 7. The van der Waals surface area contributed by atoms with E-state index in [2.05, 4.69) is 5.10 Å². The van der Waals surface area contributed by atoms with Crippen LogP contribution >= 0.6 is 11.6 Å². The number of nitro benzene ring substituents is 1. The van der Waals surface area contributed by atoms with Crippen LogP contribution in [-0.4, -0.2) is 51.7 Å². The highest BCUT2D eigenvalue weighted by atomic mass is 35.5. The number of halogens is 1. The van der Waals surface area contributed by atoms with Crippen molar-refractivity contribution in [2.75, 3.05) is 31.1 Å². The second-order valence-electron chi connectivity index (χ2n) is 9.30. The molecule has 0 atom stereocenters. The molecule has 6 rings (SSSR count). The average Bonchev–Trinajstić information content (AvgIpc) is 3.53. The number of benzene rings is 3. The lowest BCUT2D eigenvalue weighted by Crippen LogP contribution is -2.48. The fourth-order valence-electron chi connectivity index (χ4n) is 4.93. The van der Waals surface area contributed by atoms with Crippen molar-refractivity contribution in [1.29, 1.82) is 0 Å². The predicted molar refractivity (Wildman–Crippen MR) is 151 cm³/mol. The molecule has 1 amide bonds. The first kappa shape index (κ1) is 25.3. The third-order valence-corrected chi connectivity index (χ3v) is 7.22. The van der Waals surface area contributed by atoms with Crippen molar-refractivity contribution in [3.05, 3.63) is 116 Å². The van der Waals surface area contributed by atoms with Crippen molar-refractivity contribution in [3.63, 3.8) is 0 Å². The van der Waals surface area contributed by atoms with Crippen LogP contribution in [0.4, 0.5) is 11.4 Å². The first-order chi connectivity index (χ1) is 19.4. The van der Waals surface area contributed by atoms with Gasteiger partial charge in [0.1, 0.15) is 5.69 Å². The van der Waals surface area contributed by atoms with Crippen LogP contribution in [0.3, 0.4) is 0 Å². The highest BCUT2D eigenvalue weighted by molar-refractivity contribution is 6.30. The molecule has 200 valence electrons. The van der Waals surface area contributed by atoms with Gasteiger partial charge >= 0.3 is 0 Å². The number of piperazine rings is 1. The monoisotopic (exact) mass is 555 g/mol. The van der Waals surface area contributed by atoms with E-state index in [1.807, 2.05) is 11.0 Å². The van der Waals surface area contributed by atoms with Gasteiger partial charge in [-0.05, 0) is 42.5 Å². The van der Waals surface area contributed by atoms with Gasteiger partial charge in [-0.1, -0.05) is 41.9 Å². The van der Waals surface area contributed by atoms with Gasteiger partial charge in [0.15, 0.2) is 5.76 Å². The summed E-state index contributed by atoms with van der Waals surface area (Å²) in [5.41, 5.74) is 1.23. The Hall–Kier alpha value is -4.96. The fraction of sp³-hybridized carbons (Fsp3) is 0.138. The van der Waals surface area contributed by atoms with Crippen molar-refractivity contribution in [2.45, 2.75) is 0 Å². The third kappa shape index (κ3) is 4.58. The van der Waals surface area contributed by atoms with Gasteiger partial charge in [0.05, 0.1) is 22.3 Å². The van der Waals surface area contributed by atoms with E-state index in [4.69, 9.17) is 16.0 Å².